The number of hydrogen-bond donors (Lipinski definition) is 1. The van der Waals surface area contributed by atoms with E-state index in [2.05, 4.69) is 19.2 Å². The topological polar surface area (TPSA) is 73.2 Å². The van der Waals surface area contributed by atoms with Crippen molar-refractivity contribution in [3.8, 4) is 6.07 Å². The summed E-state index contributed by atoms with van der Waals surface area (Å²) in [6.07, 6.45) is 0.151. The van der Waals surface area contributed by atoms with Gasteiger partial charge in [0.05, 0.1) is 12.5 Å². The number of urea groups is 1. The lowest BCUT2D eigenvalue weighted by Gasteiger charge is -2.12. The maximum Gasteiger partial charge on any atom is 0.325 e. The molecule has 1 heterocycles. The van der Waals surface area contributed by atoms with Crippen LogP contribution < -0.4 is 5.32 Å². The molecule has 1 saturated heterocycles. The molecule has 5 nitrogen and oxygen atoms in total. The van der Waals surface area contributed by atoms with Crippen molar-refractivity contribution in [1.29, 1.82) is 5.26 Å². The molecular weight excluding hydrogens is 254 g/mol. The van der Waals surface area contributed by atoms with Gasteiger partial charge in [-0.1, -0.05) is 38.1 Å². The van der Waals surface area contributed by atoms with E-state index < -0.39 is 12.1 Å². The number of carbonyl (C=O) groups is 2. The van der Waals surface area contributed by atoms with Crippen molar-refractivity contribution in [2.75, 3.05) is 6.54 Å². The molecule has 0 saturated carbocycles. The lowest BCUT2D eigenvalue weighted by Crippen LogP contribution is -2.31. The van der Waals surface area contributed by atoms with E-state index in [1.54, 1.807) is 0 Å². The highest BCUT2D eigenvalue weighted by molar-refractivity contribution is 6.04. The monoisotopic (exact) mass is 271 g/mol. The van der Waals surface area contributed by atoms with E-state index in [1.807, 2.05) is 30.3 Å². The van der Waals surface area contributed by atoms with Gasteiger partial charge in [-0.3, -0.25) is 9.69 Å². The number of hydrogen-bond acceptors (Lipinski definition) is 3. The third-order valence-corrected chi connectivity index (χ3v) is 3.41. The Morgan fingerprint density at radius 1 is 1.30 bits per heavy atom. The molecule has 0 spiro atoms. The highest BCUT2D eigenvalue weighted by Crippen LogP contribution is 2.24. The van der Waals surface area contributed by atoms with Gasteiger partial charge in [0.1, 0.15) is 6.04 Å². The summed E-state index contributed by atoms with van der Waals surface area (Å²) >= 11 is 0. The van der Waals surface area contributed by atoms with E-state index in [0.29, 0.717) is 5.92 Å². The number of nitrogens with zero attached hydrogens (tertiary/aromatic N) is 2. The predicted octanol–water partition coefficient (Wildman–Crippen LogP) is 2.32. The van der Waals surface area contributed by atoms with Gasteiger partial charge in [-0.15, -0.1) is 0 Å². The third-order valence-electron chi connectivity index (χ3n) is 3.41. The molecule has 0 radical (unpaired) electrons. The zero-order valence-corrected chi connectivity index (χ0v) is 11.6. The minimum absolute atomic E-state index is 0.141. The number of benzene rings is 1. The first-order chi connectivity index (χ1) is 9.54. The fourth-order valence-electron chi connectivity index (χ4n) is 2.19. The lowest BCUT2D eigenvalue weighted by atomic mass is 9.99. The summed E-state index contributed by atoms with van der Waals surface area (Å²) in [6, 6.07) is 8.55. The molecule has 0 aliphatic carbocycles. The molecule has 1 atom stereocenters. The largest absolute Gasteiger partial charge is 0.325 e. The maximum absolute atomic E-state index is 12.2. The lowest BCUT2D eigenvalue weighted by molar-refractivity contribution is -0.127. The van der Waals surface area contributed by atoms with Gasteiger partial charge in [0, 0.05) is 6.54 Å². The summed E-state index contributed by atoms with van der Waals surface area (Å²) in [4.78, 5) is 25.0. The summed E-state index contributed by atoms with van der Waals surface area (Å²) in [7, 11) is 0. The summed E-state index contributed by atoms with van der Waals surface area (Å²) in [5.74, 6) is 0.132. The highest BCUT2D eigenvalue weighted by Gasteiger charge is 2.38. The zero-order valence-electron chi connectivity index (χ0n) is 11.6. The van der Waals surface area contributed by atoms with Crippen LogP contribution in [0.15, 0.2) is 24.3 Å². The van der Waals surface area contributed by atoms with Crippen LogP contribution in [0.2, 0.25) is 0 Å². The van der Waals surface area contributed by atoms with Crippen molar-refractivity contribution in [3.63, 3.8) is 0 Å². The molecule has 1 aliphatic rings. The quantitative estimate of drug-likeness (QED) is 0.854. The van der Waals surface area contributed by atoms with Gasteiger partial charge in [-0.25, -0.2) is 4.79 Å². The Morgan fingerprint density at radius 3 is 2.50 bits per heavy atom. The van der Waals surface area contributed by atoms with Crippen molar-refractivity contribution in [3.05, 3.63) is 35.4 Å². The third kappa shape index (κ3) is 2.64. The van der Waals surface area contributed by atoms with Crippen LogP contribution in [0.5, 0.6) is 0 Å². The first kappa shape index (κ1) is 14.1. The molecule has 1 fully saturated rings. The van der Waals surface area contributed by atoms with Gasteiger partial charge in [-0.05, 0) is 17.0 Å². The first-order valence-electron chi connectivity index (χ1n) is 6.63. The Labute approximate surface area is 118 Å². The van der Waals surface area contributed by atoms with Crippen LogP contribution in [0.4, 0.5) is 4.79 Å². The highest BCUT2D eigenvalue weighted by atomic mass is 16.2. The van der Waals surface area contributed by atoms with Crippen LogP contribution in [0.3, 0.4) is 0 Å². The number of carbonyl (C=O) groups excluding carboxylic acids is 2. The van der Waals surface area contributed by atoms with Gasteiger partial charge >= 0.3 is 6.03 Å². The molecular formula is C15H17N3O2. The van der Waals surface area contributed by atoms with E-state index in [4.69, 9.17) is 5.26 Å². The van der Waals surface area contributed by atoms with Crippen molar-refractivity contribution < 1.29 is 9.59 Å². The molecule has 1 aliphatic heterocycles. The van der Waals surface area contributed by atoms with Crippen LogP contribution >= 0.6 is 0 Å². The van der Waals surface area contributed by atoms with Crippen LogP contribution in [0.25, 0.3) is 0 Å². The average Bonchev–Trinajstić information content (AvgIpc) is 2.72. The second kappa shape index (κ2) is 5.74. The average molecular weight is 271 g/mol. The van der Waals surface area contributed by atoms with Crippen LogP contribution in [0, 0.1) is 11.3 Å². The van der Waals surface area contributed by atoms with Crippen LogP contribution in [-0.4, -0.2) is 23.4 Å². The van der Waals surface area contributed by atoms with Gasteiger partial charge in [0.25, 0.3) is 5.91 Å². The molecule has 1 unspecified atom stereocenters. The normalized spacial score (nSPS) is 18.3. The maximum atomic E-state index is 12.2. The molecule has 104 valence electrons. The summed E-state index contributed by atoms with van der Waals surface area (Å²) < 4.78 is 0. The summed E-state index contributed by atoms with van der Waals surface area (Å²) in [5, 5.41) is 11.2. The molecule has 0 bridgehead atoms. The van der Waals surface area contributed by atoms with E-state index in [1.165, 1.54) is 5.56 Å². The predicted molar refractivity (Wildman–Crippen MR) is 73.7 cm³/mol. The minimum Gasteiger partial charge on any atom is -0.322 e. The number of rotatable bonds is 4. The smallest absolute Gasteiger partial charge is 0.322 e. The Kier molecular flexibility index (Phi) is 4.04. The SMILES string of the molecule is CC(C)c1ccc(C2NC(=O)N(CCC#N)C2=O)cc1. The van der Waals surface area contributed by atoms with E-state index in [9.17, 15) is 9.59 Å². The second-order valence-corrected chi connectivity index (χ2v) is 5.10. The second-order valence-electron chi connectivity index (χ2n) is 5.10. The van der Waals surface area contributed by atoms with E-state index in [0.717, 1.165) is 10.5 Å². The van der Waals surface area contributed by atoms with Gasteiger partial charge in [-0.2, -0.15) is 5.26 Å². The summed E-state index contributed by atoms with van der Waals surface area (Å²) in [5.41, 5.74) is 1.96. The standard InChI is InChI=1S/C15H17N3O2/c1-10(2)11-4-6-12(7-5-11)13-14(19)18(9-3-8-16)15(20)17-13/h4-7,10,13H,3,9H2,1-2H3,(H,17,20). The van der Waals surface area contributed by atoms with Gasteiger partial charge < -0.3 is 5.32 Å². The fraction of sp³-hybridized carbons (Fsp3) is 0.400. The first-order valence-corrected chi connectivity index (χ1v) is 6.63. The fourth-order valence-corrected chi connectivity index (χ4v) is 2.19. The van der Waals surface area contributed by atoms with Crippen molar-refractivity contribution in [1.82, 2.24) is 10.2 Å². The molecule has 1 aromatic rings. The molecule has 0 aromatic heterocycles. The molecule has 1 N–H and O–H groups in total. The van der Waals surface area contributed by atoms with Crippen LogP contribution in [-0.2, 0) is 4.79 Å². The van der Waals surface area contributed by atoms with Crippen molar-refractivity contribution in [2.45, 2.75) is 32.2 Å². The Hall–Kier alpha value is -2.35. The van der Waals surface area contributed by atoms with Crippen LogP contribution in [0.1, 0.15) is 43.4 Å². The number of amides is 3. The van der Waals surface area contributed by atoms with Gasteiger partial charge in [0.2, 0.25) is 0 Å². The van der Waals surface area contributed by atoms with Crippen molar-refractivity contribution in [2.24, 2.45) is 0 Å². The molecule has 2 rings (SSSR count). The number of nitriles is 1. The molecule has 1 aromatic carbocycles. The number of nitrogens with one attached hydrogen (secondary N) is 1. The molecule has 3 amide bonds. The minimum atomic E-state index is -0.637. The van der Waals surface area contributed by atoms with E-state index >= 15 is 0 Å². The molecule has 20 heavy (non-hydrogen) atoms. The van der Waals surface area contributed by atoms with Crippen molar-refractivity contribution >= 4 is 11.9 Å². The Balaban J connectivity index is 2.16. The molecule has 5 heteroatoms. The zero-order chi connectivity index (χ0) is 14.7. The van der Waals surface area contributed by atoms with Gasteiger partial charge in [0.15, 0.2) is 0 Å². The number of imide groups is 1. The summed E-state index contributed by atoms with van der Waals surface area (Å²) in [6.45, 7) is 4.34. The van der Waals surface area contributed by atoms with E-state index in [-0.39, 0.29) is 18.9 Å². The Morgan fingerprint density at radius 2 is 1.95 bits per heavy atom. The Bertz CT molecular complexity index is 557.